The number of aliphatic carboxylic acids is 1. The van der Waals surface area contributed by atoms with E-state index in [1.807, 2.05) is 0 Å². The molecule has 0 saturated carbocycles. The van der Waals surface area contributed by atoms with Crippen LogP contribution in [0.4, 0.5) is 0 Å². The van der Waals surface area contributed by atoms with Crippen LogP contribution >= 0.6 is 0 Å². The maximum Gasteiger partial charge on any atom is 0.309 e. The molecule has 0 amide bonds. The second-order valence-corrected chi connectivity index (χ2v) is 4.62. The van der Waals surface area contributed by atoms with Gasteiger partial charge in [0.25, 0.3) is 0 Å². The lowest BCUT2D eigenvalue weighted by atomic mass is 9.90. The smallest absolute Gasteiger partial charge is 0.309 e. The molecule has 0 spiro atoms. The highest BCUT2D eigenvalue weighted by atomic mass is 16.5. The highest BCUT2D eigenvalue weighted by molar-refractivity contribution is 5.73. The van der Waals surface area contributed by atoms with Gasteiger partial charge < -0.3 is 14.6 Å². The molecule has 1 aliphatic rings. The third-order valence-corrected chi connectivity index (χ3v) is 2.83. The number of ether oxygens (including phenoxy) is 2. The lowest BCUT2D eigenvalue weighted by Gasteiger charge is -2.24. The van der Waals surface area contributed by atoms with Crippen molar-refractivity contribution in [1.82, 2.24) is 0 Å². The fourth-order valence-corrected chi connectivity index (χ4v) is 1.43. The van der Waals surface area contributed by atoms with Crippen LogP contribution in [0.25, 0.3) is 0 Å². The molecule has 88 valence electrons. The van der Waals surface area contributed by atoms with E-state index >= 15 is 0 Å². The quantitative estimate of drug-likeness (QED) is 0.759. The van der Waals surface area contributed by atoms with E-state index < -0.39 is 11.4 Å². The third kappa shape index (κ3) is 4.18. The van der Waals surface area contributed by atoms with Crippen LogP contribution < -0.4 is 0 Å². The first kappa shape index (κ1) is 12.5. The monoisotopic (exact) mass is 216 g/mol. The van der Waals surface area contributed by atoms with Crippen molar-refractivity contribution in [3.05, 3.63) is 0 Å². The van der Waals surface area contributed by atoms with Crippen LogP contribution in [-0.4, -0.2) is 37.0 Å². The lowest BCUT2D eigenvalue weighted by Crippen LogP contribution is -2.28. The molecule has 1 aliphatic heterocycles. The Hall–Kier alpha value is -0.610. The SMILES string of the molecule is CC(C)(CCOC1CCOCC1)C(=O)O. The first-order chi connectivity index (χ1) is 7.02. The van der Waals surface area contributed by atoms with Crippen molar-refractivity contribution in [2.24, 2.45) is 5.41 Å². The molecule has 1 saturated heterocycles. The average molecular weight is 216 g/mol. The van der Waals surface area contributed by atoms with Crippen LogP contribution in [-0.2, 0) is 14.3 Å². The predicted octanol–water partition coefficient (Wildman–Crippen LogP) is 1.68. The fraction of sp³-hybridized carbons (Fsp3) is 0.909. The summed E-state index contributed by atoms with van der Waals surface area (Å²) in [4.78, 5) is 10.8. The van der Waals surface area contributed by atoms with E-state index in [1.165, 1.54) is 0 Å². The third-order valence-electron chi connectivity index (χ3n) is 2.83. The number of carboxylic acid groups (broad SMARTS) is 1. The predicted molar refractivity (Wildman–Crippen MR) is 55.8 cm³/mol. The van der Waals surface area contributed by atoms with Gasteiger partial charge in [-0.25, -0.2) is 0 Å². The Kier molecular flexibility index (Phi) is 4.54. The number of carbonyl (C=O) groups is 1. The Labute approximate surface area is 90.6 Å². The molecule has 0 bridgehead atoms. The Bertz CT molecular complexity index is 207. The molecule has 0 aromatic heterocycles. The average Bonchev–Trinajstić information content (AvgIpc) is 2.19. The largest absolute Gasteiger partial charge is 0.481 e. The normalized spacial score (nSPS) is 19.1. The van der Waals surface area contributed by atoms with Crippen LogP contribution in [0, 0.1) is 5.41 Å². The molecule has 0 radical (unpaired) electrons. The van der Waals surface area contributed by atoms with Crippen molar-refractivity contribution in [2.45, 2.75) is 39.2 Å². The van der Waals surface area contributed by atoms with Gasteiger partial charge in [0.15, 0.2) is 0 Å². The maximum atomic E-state index is 10.8. The first-order valence-electron chi connectivity index (χ1n) is 5.45. The van der Waals surface area contributed by atoms with Crippen LogP contribution in [0.3, 0.4) is 0 Å². The van der Waals surface area contributed by atoms with E-state index in [4.69, 9.17) is 14.6 Å². The van der Waals surface area contributed by atoms with Crippen molar-refractivity contribution < 1.29 is 19.4 Å². The summed E-state index contributed by atoms with van der Waals surface area (Å²) in [6, 6.07) is 0. The Morgan fingerprint density at radius 3 is 2.60 bits per heavy atom. The minimum Gasteiger partial charge on any atom is -0.481 e. The molecule has 1 N–H and O–H groups in total. The van der Waals surface area contributed by atoms with E-state index in [9.17, 15) is 4.79 Å². The highest BCUT2D eigenvalue weighted by Gasteiger charge is 2.27. The van der Waals surface area contributed by atoms with Crippen LogP contribution in [0.1, 0.15) is 33.1 Å². The van der Waals surface area contributed by atoms with E-state index in [0.29, 0.717) is 13.0 Å². The molecule has 4 nitrogen and oxygen atoms in total. The Balaban J connectivity index is 2.17. The molecule has 0 unspecified atom stereocenters. The number of rotatable bonds is 5. The zero-order valence-electron chi connectivity index (χ0n) is 9.49. The van der Waals surface area contributed by atoms with Gasteiger partial charge in [-0.3, -0.25) is 4.79 Å². The van der Waals surface area contributed by atoms with Crippen molar-refractivity contribution in [1.29, 1.82) is 0 Å². The van der Waals surface area contributed by atoms with E-state index in [2.05, 4.69) is 0 Å². The summed E-state index contributed by atoms with van der Waals surface area (Å²) in [5.41, 5.74) is -0.689. The number of hydrogen-bond donors (Lipinski definition) is 1. The Morgan fingerprint density at radius 1 is 1.47 bits per heavy atom. The standard InChI is InChI=1S/C11H20O4/c1-11(2,10(12)13)5-8-15-9-3-6-14-7-4-9/h9H,3-8H2,1-2H3,(H,12,13). The van der Waals surface area contributed by atoms with Gasteiger partial charge in [0.05, 0.1) is 11.5 Å². The minimum absolute atomic E-state index is 0.253. The summed E-state index contributed by atoms with van der Waals surface area (Å²) < 4.78 is 10.8. The summed E-state index contributed by atoms with van der Waals surface area (Å²) >= 11 is 0. The van der Waals surface area contributed by atoms with Gasteiger partial charge >= 0.3 is 5.97 Å². The van der Waals surface area contributed by atoms with Crippen LogP contribution in [0.15, 0.2) is 0 Å². The molecule has 15 heavy (non-hydrogen) atoms. The number of carboxylic acids is 1. The molecular weight excluding hydrogens is 196 g/mol. The maximum absolute atomic E-state index is 10.8. The van der Waals surface area contributed by atoms with E-state index in [-0.39, 0.29) is 6.10 Å². The minimum atomic E-state index is -0.766. The van der Waals surface area contributed by atoms with Crippen molar-refractivity contribution in [3.63, 3.8) is 0 Å². The molecule has 0 atom stereocenters. The summed E-state index contributed by atoms with van der Waals surface area (Å²) in [5, 5.41) is 8.90. The first-order valence-corrected chi connectivity index (χ1v) is 5.45. The van der Waals surface area contributed by atoms with Gasteiger partial charge in [-0.15, -0.1) is 0 Å². The summed E-state index contributed by atoms with van der Waals surface area (Å²) in [5.74, 6) is -0.766. The summed E-state index contributed by atoms with van der Waals surface area (Å²) in [6.45, 7) is 5.48. The van der Waals surface area contributed by atoms with Gasteiger partial charge in [-0.2, -0.15) is 0 Å². The Morgan fingerprint density at radius 2 is 2.07 bits per heavy atom. The van der Waals surface area contributed by atoms with Crippen LogP contribution in [0.2, 0.25) is 0 Å². The molecular formula is C11H20O4. The van der Waals surface area contributed by atoms with Gasteiger partial charge in [0, 0.05) is 19.8 Å². The summed E-state index contributed by atoms with van der Waals surface area (Å²) in [7, 11) is 0. The van der Waals surface area contributed by atoms with E-state index in [1.54, 1.807) is 13.8 Å². The second kappa shape index (κ2) is 5.47. The summed E-state index contributed by atoms with van der Waals surface area (Å²) in [6.07, 6.45) is 2.66. The van der Waals surface area contributed by atoms with Crippen LogP contribution in [0.5, 0.6) is 0 Å². The molecule has 0 aromatic rings. The second-order valence-electron chi connectivity index (χ2n) is 4.62. The van der Waals surface area contributed by atoms with Gasteiger partial charge in [-0.05, 0) is 33.1 Å². The molecule has 1 fully saturated rings. The van der Waals surface area contributed by atoms with Gasteiger partial charge in [0.2, 0.25) is 0 Å². The fourth-order valence-electron chi connectivity index (χ4n) is 1.43. The topological polar surface area (TPSA) is 55.8 Å². The molecule has 0 aromatic carbocycles. The van der Waals surface area contributed by atoms with Gasteiger partial charge in [0.1, 0.15) is 0 Å². The van der Waals surface area contributed by atoms with E-state index in [0.717, 1.165) is 26.1 Å². The molecule has 1 heterocycles. The zero-order valence-corrected chi connectivity index (χ0v) is 9.49. The highest BCUT2D eigenvalue weighted by Crippen LogP contribution is 2.21. The van der Waals surface area contributed by atoms with Crippen molar-refractivity contribution in [3.8, 4) is 0 Å². The molecule has 0 aliphatic carbocycles. The number of hydrogen-bond acceptors (Lipinski definition) is 3. The molecule has 1 rings (SSSR count). The molecule has 4 heteroatoms. The lowest BCUT2D eigenvalue weighted by molar-refractivity contribution is -0.148. The zero-order chi connectivity index (χ0) is 11.3. The van der Waals surface area contributed by atoms with Crippen molar-refractivity contribution >= 4 is 5.97 Å². The van der Waals surface area contributed by atoms with Gasteiger partial charge in [-0.1, -0.05) is 0 Å². The van der Waals surface area contributed by atoms with Crippen molar-refractivity contribution in [2.75, 3.05) is 19.8 Å².